The molecule has 0 radical (unpaired) electrons. The molecule has 0 spiro atoms. The highest BCUT2D eigenvalue weighted by molar-refractivity contribution is 7.27. The molecule has 0 aliphatic rings. The zero-order chi connectivity index (χ0) is 50.6. The first-order valence-electron chi connectivity index (χ1n) is 25.6. The Balaban J connectivity index is 0.925. The molecule has 0 atom stereocenters. The van der Waals surface area contributed by atoms with Gasteiger partial charge >= 0.3 is 0 Å². The lowest BCUT2D eigenvalue weighted by molar-refractivity contribution is 1.07. The fourth-order valence-electron chi connectivity index (χ4n) is 9.50. The summed E-state index contributed by atoms with van der Waals surface area (Å²) < 4.78 is 62.8. The molecule has 3 nitrogen and oxygen atoms in total. The molecule has 0 aliphatic carbocycles. The zero-order valence-electron chi connectivity index (χ0n) is 42.5. The SMILES string of the molecule is [2H]c1c(-c2cccc3sc4ccccc4c23)c([2H])c2c(sc3c([2H])c(-c4nc(-c5ccc(-c6ccccc6)cc5)nc(-c5ccc(-c6cccc7c6sc6c(-c8ccccc8)cccc67)cc5)n4)c([2H])c([2H])c32)c1[2H]. The van der Waals surface area contributed by atoms with Crippen LogP contribution in [0.1, 0.15) is 8.22 Å². The number of aromatic nitrogens is 3. The second-order valence-corrected chi connectivity index (χ2v) is 20.1. The normalized spacial score (nSPS) is 13.0. The molecule has 0 saturated carbocycles. The van der Waals surface area contributed by atoms with Gasteiger partial charge in [-0.05, 0) is 74.8 Å². The Labute approximate surface area is 418 Å². The summed E-state index contributed by atoms with van der Waals surface area (Å²) >= 11 is 4.54. The average molecular weight is 938 g/mol. The summed E-state index contributed by atoms with van der Waals surface area (Å²) in [6.45, 7) is 0. The van der Waals surface area contributed by atoms with E-state index >= 15 is 0 Å². The average Bonchev–Trinajstić information content (AvgIpc) is 4.24. The molecule has 0 bridgehead atoms. The van der Waals surface area contributed by atoms with Crippen molar-refractivity contribution in [3.8, 4) is 78.7 Å². The molecular formula is C63H37N3S3. The Morgan fingerprint density at radius 1 is 0.275 bits per heavy atom. The Bertz CT molecular complexity index is 4650. The van der Waals surface area contributed by atoms with Crippen molar-refractivity contribution in [3.63, 3.8) is 0 Å². The number of thiophene rings is 3. The van der Waals surface area contributed by atoms with Crippen molar-refractivity contribution in [1.29, 1.82) is 0 Å². The van der Waals surface area contributed by atoms with Gasteiger partial charge in [0.05, 0.1) is 8.22 Å². The maximum atomic E-state index is 9.84. The number of hydrogen-bond acceptors (Lipinski definition) is 6. The van der Waals surface area contributed by atoms with Crippen LogP contribution in [0, 0.1) is 0 Å². The summed E-state index contributed by atoms with van der Waals surface area (Å²) in [5.74, 6) is 0.738. The van der Waals surface area contributed by atoms with Crippen molar-refractivity contribution in [2.75, 3.05) is 0 Å². The Morgan fingerprint density at radius 2 is 0.768 bits per heavy atom. The first-order valence-corrected chi connectivity index (χ1v) is 25.0. The Morgan fingerprint density at radius 3 is 1.46 bits per heavy atom. The molecule has 6 heteroatoms. The third kappa shape index (κ3) is 6.87. The highest BCUT2D eigenvalue weighted by Crippen LogP contribution is 2.45. The summed E-state index contributed by atoms with van der Waals surface area (Å²) in [6.07, 6.45) is 0. The molecular weight excluding hydrogens is 895 g/mol. The molecule has 0 unspecified atom stereocenters. The minimum atomic E-state index is -0.273. The zero-order valence-corrected chi connectivity index (χ0v) is 38.9. The van der Waals surface area contributed by atoms with E-state index in [2.05, 4.69) is 91.0 Å². The summed E-state index contributed by atoms with van der Waals surface area (Å²) in [6, 6.07) is 62.8. The summed E-state index contributed by atoms with van der Waals surface area (Å²) in [7, 11) is 0. The van der Waals surface area contributed by atoms with Crippen molar-refractivity contribution in [1.82, 2.24) is 15.0 Å². The van der Waals surface area contributed by atoms with Gasteiger partial charge in [-0.2, -0.15) is 0 Å². The molecule has 14 rings (SSSR count). The maximum absolute atomic E-state index is 9.84. The lowest BCUT2D eigenvalue weighted by atomic mass is 9.98. The van der Waals surface area contributed by atoms with E-state index in [9.17, 15) is 8.22 Å². The van der Waals surface area contributed by atoms with E-state index in [4.69, 9.17) is 15.0 Å². The maximum Gasteiger partial charge on any atom is 0.164 e. The number of nitrogens with zero attached hydrogens (tertiary/aromatic N) is 3. The van der Waals surface area contributed by atoms with Crippen LogP contribution in [0.25, 0.3) is 139 Å². The predicted molar refractivity (Wildman–Crippen MR) is 297 cm³/mol. The standard InChI is InChI=1S/C63H37N3S3/c1-3-12-38(13-4-1)39-24-28-42(29-25-39)61-64-62(43-30-26-41(27-31-43)48-19-10-21-51-50-20-9-18-47(59(50)69-60(48)51)40-14-5-2-6-15-40)66-63(65-61)45-32-34-49-53-36-44(33-35-55(53)68-57(49)37-45)46-17-11-23-56-58(46)52-16-7-8-22-54(52)67-56/h1-37H/i32D,33D,34D,35D,36D,37D. The van der Waals surface area contributed by atoms with E-state index in [0.29, 0.717) is 43.1 Å². The predicted octanol–water partition coefficient (Wildman–Crippen LogP) is 18.6. The molecule has 10 aromatic carbocycles. The van der Waals surface area contributed by atoms with E-state index in [1.54, 1.807) is 22.7 Å². The van der Waals surface area contributed by atoms with Gasteiger partial charge < -0.3 is 0 Å². The first-order chi connectivity index (χ1) is 36.7. The summed E-state index contributed by atoms with van der Waals surface area (Å²) in [4.78, 5) is 15.1. The van der Waals surface area contributed by atoms with E-state index in [1.165, 1.54) is 31.3 Å². The minimum Gasteiger partial charge on any atom is -0.208 e. The smallest absolute Gasteiger partial charge is 0.164 e. The van der Waals surface area contributed by atoms with E-state index < -0.39 is 0 Å². The van der Waals surface area contributed by atoms with Gasteiger partial charge in [0.25, 0.3) is 0 Å². The summed E-state index contributed by atoms with van der Waals surface area (Å²) in [5, 5.41) is 4.86. The van der Waals surface area contributed by atoms with E-state index in [0.717, 1.165) is 53.8 Å². The largest absolute Gasteiger partial charge is 0.208 e. The van der Waals surface area contributed by atoms with Gasteiger partial charge in [0.2, 0.25) is 0 Å². The molecule has 14 aromatic rings. The van der Waals surface area contributed by atoms with Gasteiger partial charge in [0.15, 0.2) is 17.5 Å². The van der Waals surface area contributed by atoms with Gasteiger partial charge in [0.1, 0.15) is 0 Å². The van der Waals surface area contributed by atoms with Crippen molar-refractivity contribution in [3.05, 3.63) is 224 Å². The van der Waals surface area contributed by atoms with Crippen molar-refractivity contribution >= 4 is 94.5 Å². The molecule has 0 fully saturated rings. The topological polar surface area (TPSA) is 38.7 Å². The third-order valence-electron chi connectivity index (χ3n) is 12.9. The Hall–Kier alpha value is -8.13. The second kappa shape index (κ2) is 16.3. The quantitative estimate of drug-likeness (QED) is 0.160. The molecule has 322 valence electrons. The molecule has 69 heavy (non-hydrogen) atoms. The van der Waals surface area contributed by atoms with Crippen LogP contribution < -0.4 is 0 Å². The Kier molecular flexibility index (Phi) is 8.07. The lowest BCUT2D eigenvalue weighted by Crippen LogP contribution is -2.00. The monoisotopic (exact) mass is 937 g/mol. The van der Waals surface area contributed by atoms with Gasteiger partial charge in [-0.15, -0.1) is 34.0 Å². The lowest BCUT2D eigenvalue weighted by Gasteiger charge is -2.10. The van der Waals surface area contributed by atoms with Gasteiger partial charge in [-0.25, -0.2) is 15.0 Å². The number of hydrogen-bond donors (Lipinski definition) is 0. The number of rotatable bonds is 7. The highest BCUT2D eigenvalue weighted by Gasteiger charge is 2.18. The van der Waals surface area contributed by atoms with Crippen LogP contribution >= 0.6 is 34.0 Å². The van der Waals surface area contributed by atoms with Gasteiger partial charge in [-0.1, -0.05) is 194 Å². The van der Waals surface area contributed by atoms with Crippen molar-refractivity contribution < 1.29 is 8.22 Å². The van der Waals surface area contributed by atoms with Gasteiger partial charge in [0, 0.05) is 77.2 Å². The molecule has 4 heterocycles. The van der Waals surface area contributed by atoms with Crippen LogP contribution in [0.2, 0.25) is 0 Å². The van der Waals surface area contributed by atoms with Crippen LogP contribution in [0.3, 0.4) is 0 Å². The number of fused-ring (bicyclic) bond motifs is 9. The first kappa shape index (κ1) is 34.2. The fraction of sp³-hybridized carbons (Fsp3) is 0. The van der Waals surface area contributed by atoms with Crippen LogP contribution in [-0.2, 0) is 0 Å². The van der Waals surface area contributed by atoms with Crippen LogP contribution in [0.5, 0.6) is 0 Å². The van der Waals surface area contributed by atoms with Gasteiger partial charge in [-0.3, -0.25) is 0 Å². The third-order valence-corrected chi connectivity index (χ3v) is 16.3. The molecule has 0 saturated heterocycles. The molecule has 0 aliphatic heterocycles. The second-order valence-electron chi connectivity index (χ2n) is 16.9. The van der Waals surface area contributed by atoms with E-state index in [-0.39, 0.29) is 58.6 Å². The minimum absolute atomic E-state index is 0.00673. The molecule has 0 amide bonds. The molecule has 0 N–H and O–H groups in total. The highest BCUT2D eigenvalue weighted by atomic mass is 32.1. The van der Waals surface area contributed by atoms with Crippen LogP contribution in [0.4, 0.5) is 0 Å². The number of benzene rings is 10. The van der Waals surface area contributed by atoms with Crippen LogP contribution in [-0.4, -0.2) is 15.0 Å². The fourth-order valence-corrected chi connectivity index (χ4v) is 13.0. The summed E-state index contributed by atoms with van der Waals surface area (Å²) in [5.41, 5.74) is 9.02. The van der Waals surface area contributed by atoms with Crippen molar-refractivity contribution in [2.24, 2.45) is 0 Å². The van der Waals surface area contributed by atoms with Crippen LogP contribution in [0.15, 0.2) is 224 Å². The van der Waals surface area contributed by atoms with Crippen molar-refractivity contribution in [2.45, 2.75) is 0 Å². The molecule has 4 aromatic heterocycles. The van der Waals surface area contributed by atoms with E-state index in [1.807, 2.05) is 97.1 Å².